The van der Waals surface area contributed by atoms with Gasteiger partial charge in [-0.25, -0.2) is 9.59 Å². The van der Waals surface area contributed by atoms with Crippen molar-refractivity contribution in [2.45, 2.75) is 65.3 Å². The number of ether oxygens (including phenoxy) is 2. The van der Waals surface area contributed by atoms with Crippen molar-refractivity contribution in [3.05, 3.63) is 23.8 Å². The van der Waals surface area contributed by atoms with Gasteiger partial charge in [0.1, 0.15) is 12.7 Å². The molecule has 0 aliphatic carbocycles. The third-order valence-corrected chi connectivity index (χ3v) is 3.53. The number of β-amino-alcohol motifs (C(OH)–C–C–N with tert-alkyl or cyclic N) is 1. The van der Waals surface area contributed by atoms with Crippen molar-refractivity contribution in [2.24, 2.45) is 0 Å². The molecule has 0 aliphatic heterocycles. The highest BCUT2D eigenvalue weighted by molar-refractivity contribution is 6.27. The maximum absolute atomic E-state index is 10.1. The second-order valence-corrected chi connectivity index (χ2v) is 8.79. The highest BCUT2D eigenvalue weighted by Crippen LogP contribution is 2.28. The van der Waals surface area contributed by atoms with Gasteiger partial charge in [0, 0.05) is 24.2 Å². The highest BCUT2D eigenvalue weighted by Gasteiger charge is 2.15. The van der Waals surface area contributed by atoms with Gasteiger partial charge in [-0.05, 0) is 59.2 Å². The minimum absolute atomic E-state index is 0.0305. The van der Waals surface area contributed by atoms with Crippen LogP contribution in [0.3, 0.4) is 0 Å². The van der Waals surface area contributed by atoms with Gasteiger partial charge in [0.25, 0.3) is 0 Å². The van der Waals surface area contributed by atoms with E-state index in [2.05, 4.69) is 52.2 Å². The molecule has 0 heterocycles. The monoisotopic (exact) mass is 428 g/mol. The fraction of sp³-hybridized carbons (Fsp3) is 0.619. The van der Waals surface area contributed by atoms with E-state index < -0.39 is 18.0 Å². The predicted molar refractivity (Wildman–Crippen MR) is 114 cm³/mol. The van der Waals surface area contributed by atoms with Crippen LogP contribution in [0.2, 0.25) is 0 Å². The van der Waals surface area contributed by atoms with Gasteiger partial charge in [-0.3, -0.25) is 0 Å². The predicted octanol–water partition coefficient (Wildman–Crippen LogP) is 1.87. The van der Waals surface area contributed by atoms with Crippen LogP contribution in [0.5, 0.6) is 11.5 Å². The second-order valence-electron chi connectivity index (χ2n) is 8.79. The molecule has 0 spiro atoms. The van der Waals surface area contributed by atoms with Crippen molar-refractivity contribution in [1.82, 2.24) is 10.6 Å². The first-order valence-corrected chi connectivity index (χ1v) is 9.58. The number of carboxylic acid groups (broad SMARTS) is 2. The minimum Gasteiger partial charge on any atom is -0.493 e. The van der Waals surface area contributed by atoms with E-state index in [1.165, 1.54) is 0 Å². The average Bonchev–Trinajstić information content (AvgIpc) is 2.62. The van der Waals surface area contributed by atoms with E-state index in [0.717, 1.165) is 12.1 Å². The Morgan fingerprint density at radius 2 is 1.50 bits per heavy atom. The Morgan fingerprint density at radius 1 is 0.967 bits per heavy atom. The first kappa shape index (κ1) is 27.6. The number of hydrogen-bond donors (Lipinski definition) is 5. The molecule has 1 atom stereocenters. The molecule has 1 unspecified atom stereocenters. The van der Waals surface area contributed by atoms with Gasteiger partial charge < -0.3 is 35.4 Å². The maximum Gasteiger partial charge on any atom is 0.414 e. The lowest BCUT2D eigenvalue weighted by Gasteiger charge is -2.23. The Balaban J connectivity index is 0.00000122. The lowest BCUT2D eigenvalue weighted by Crippen LogP contribution is -2.42. The molecule has 30 heavy (non-hydrogen) atoms. The number of aliphatic hydroxyl groups excluding tert-OH is 1. The van der Waals surface area contributed by atoms with Gasteiger partial charge >= 0.3 is 11.9 Å². The van der Waals surface area contributed by atoms with E-state index in [4.69, 9.17) is 29.3 Å². The van der Waals surface area contributed by atoms with E-state index in [1.807, 2.05) is 18.2 Å². The normalized spacial score (nSPS) is 12.4. The first-order valence-electron chi connectivity index (χ1n) is 9.58. The summed E-state index contributed by atoms with van der Waals surface area (Å²) < 4.78 is 11.1. The summed E-state index contributed by atoms with van der Waals surface area (Å²) in [5.74, 6) is -2.32. The average molecular weight is 429 g/mol. The van der Waals surface area contributed by atoms with E-state index in [-0.39, 0.29) is 17.7 Å². The number of rotatable bonds is 8. The van der Waals surface area contributed by atoms with Crippen LogP contribution >= 0.6 is 0 Å². The van der Waals surface area contributed by atoms with Gasteiger partial charge in [0.2, 0.25) is 0 Å². The molecule has 172 valence electrons. The van der Waals surface area contributed by atoms with Crippen LogP contribution in [0.1, 0.15) is 47.1 Å². The number of methoxy groups -OCH3 is 1. The summed E-state index contributed by atoms with van der Waals surface area (Å²) in [7, 11) is 1.62. The summed E-state index contributed by atoms with van der Waals surface area (Å²) in [6.45, 7) is 14.0. The molecule has 9 nitrogen and oxygen atoms in total. The minimum atomic E-state index is -1.82. The smallest absolute Gasteiger partial charge is 0.414 e. The number of aliphatic carboxylic acids is 2. The molecular weight excluding hydrogens is 392 g/mol. The van der Waals surface area contributed by atoms with Gasteiger partial charge in [-0.1, -0.05) is 6.07 Å². The highest BCUT2D eigenvalue weighted by atomic mass is 16.5. The summed E-state index contributed by atoms with van der Waals surface area (Å²) in [6.07, 6.45) is -0.578. The van der Waals surface area contributed by atoms with Crippen LogP contribution in [0.25, 0.3) is 0 Å². The van der Waals surface area contributed by atoms with Crippen LogP contribution in [0.15, 0.2) is 18.2 Å². The Labute approximate surface area is 178 Å². The van der Waals surface area contributed by atoms with Crippen molar-refractivity contribution >= 4 is 11.9 Å². The van der Waals surface area contributed by atoms with Crippen LogP contribution in [0.4, 0.5) is 0 Å². The first-order chi connectivity index (χ1) is 13.6. The van der Waals surface area contributed by atoms with Crippen LogP contribution < -0.4 is 20.1 Å². The molecule has 5 N–H and O–H groups in total. The summed E-state index contributed by atoms with van der Waals surface area (Å²) in [4.78, 5) is 18.2. The number of hydrogen-bond acceptors (Lipinski definition) is 7. The number of benzene rings is 1. The van der Waals surface area contributed by atoms with Crippen LogP contribution in [-0.2, 0) is 16.1 Å². The fourth-order valence-corrected chi connectivity index (χ4v) is 1.98. The number of carbonyl (C=O) groups is 2. The van der Waals surface area contributed by atoms with Gasteiger partial charge in [0.05, 0.1) is 7.11 Å². The summed E-state index contributed by atoms with van der Waals surface area (Å²) >= 11 is 0. The van der Waals surface area contributed by atoms with E-state index in [0.29, 0.717) is 18.0 Å². The molecule has 0 saturated carbocycles. The third kappa shape index (κ3) is 13.8. The number of carboxylic acids is 2. The summed E-state index contributed by atoms with van der Waals surface area (Å²) in [5.41, 5.74) is 1.13. The van der Waals surface area contributed by atoms with Gasteiger partial charge in [-0.2, -0.15) is 0 Å². The standard InChI is InChI=1S/C19H34N2O3.C2H2O4/c1-18(2,3)20-11-14-8-9-16(23-7)17(10-14)24-13-15(22)12-21-19(4,5)6;3-1(4)2(5)6/h8-10,15,20-22H,11-13H2,1-7H3;(H,3,4)(H,5,6). The van der Waals surface area contributed by atoms with Crippen LogP contribution in [0, 0.1) is 0 Å². The molecule has 1 aromatic rings. The molecule has 0 aromatic heterocycles. The number of aliphatic hydroxyl groups is 1. The van der Waals surface area contributed by atoms with Crippen molar-refractivity contribution < 1.29 is 34.4 Å². The molecule has 9 heteroatoms. The Kier molecular flexibility index (Phi) is 11.4. The van der Waals surface area contributed by atoms with Gasteiger partial charge in [-0.15, -0.1) is 0 Å². The largest absolute Gasteiger partial charge is 0.493 e. The topological polar surface area (TPSA) is 137 Å². The van der Waals surface area contributed by atoms with Crippen molar-refractivity contribution in [1.29, 1.82) is 0 Å². The zero-order chi connectivity index (χ0) is 23.5. The zero-order valence-electron chi connectivity index (χ0n) is 18.9. The van der Waals surface area contributed by atoms with Crippen molar-refractivity contribution in [2.75, 3.05) is 20.3 Å². The second kappa shape index (κ2) is 12.4. The summed E-state index contributed by atoms with van der Waals surface area (Å²) in [5, 5.41) is 31.6. The Hall–Kier alpha value is -2.36. The molecular formula is C21H36N2O7. The van der Waals surface area contributed by atoms with E-state index in [9.17, 15) is 5.11 Å². The fourth-order valence-electron chi connectivity index (χ4n) is 1.98. The SMILES string of the molecule is COc1ccc(CNC(C)(C)C)cc1OCC(O)CNC(C)(C)C.O=C(O)C(=O)O. The Morgan fingerprint density at radius 3 is 1.93 bits per heavy atom. The summed E-state index contributed by atoms with van der Waals surface area (Å²) in [6, 6.07) is 5.87. The molecule has 1 aromatic carbocycles. The van der Waals surface area contributed by atoms with E-state index in [1.54, 1.807) is 7.11 Å². The molecule has 0 fully saturated rings. The molecule has 0 amide bonds. The molecule has 1 rings (SSSR count). The number of nitrogens with one attached hydrogen (secondary N) is 2. The Bertz CT molecular complexity index is 667. The van der Waals surface area contributed by atoms with Crippen molar-refractivity contribution in [3.8, 4) is 11.5 Å². The van der Waals surface area contributed by atoms with Gasteiger partial charge in [0.15, 0.2) is 11.5 Å². The lowest BCUT2D eigenvalue weighted by molar-refractivity contribution is -0.159. The lowest BCUT2D eigenvalue weighted by atomic mass is 10.1. The quantitative estimate of drug-likeness (QED) is 0.393. The molecule has 0 aliphatic rings. The molecule has 0 bridgehead atoms. The molecule has 0 radical (unpaired) electrons. The van der Waals surface area contributed by atoms with Crippen LogP contribution in [-0.4, -0.2) is 64.7 Å². The molecule has 0 saturated heterocycles. The third-order valence-electron chi connectivity index (χ3n) is 3.53. The zero-order valence-corrected chi connectivity index (χ0v) is 18.9. The maximum atomic E-state index is 10.1. The van der Waals surface area contributed by atoms with Crippen molar-refractivity contribution in [3.63, 3.8) is 0 Å². The van der Waals surface area contributed by atoms with E-state index >= 15 is 0 Å².